The second-order valence-electron chi connectivity index (χ2n) is 3.94. The van der Waals surface area contributed by atoms with Crippen molar-refractivity contribution in [3.05, 3.63) is 46.7 Å². The van der Waals surface area contributed by atoms with Gasteiger partial charge in [-0.3, -0.25) is 9.55 Å². The van der Waals surface area contributed by atoms with Crippen molar-refractivity contribution in [3.8, 4) is 11.8 Å². The number of nitrogen functional groups attached to an aromatic ring is 1. The molecular weight excluding hydrogens is 306 g/mol. The summed E-state index contributed by atoms with van der Waals surface area (Å²) in [6.07, 6.45) is 3.32. The van der Waals surface area contributed by atoms with Crippen molar-refractivity contribution in [1.29, 1.82) is 5.26 Å². The molecule has 19 heavy (non-hydrogen) atoms. The van der Waals surface area contributed by atoms with E-state index in [0.29, 0.717) is 22.7 Å². The van der Waals surface area contributed by atoms with Crippen molar-refractivity contribution < 1.29 is 0 Å². The third-order valence-electron chi connectivity index (χ3n) is 2.80. The maximum absolute atomic E-state index is 9.25. The van der Waals surface area contributed by atoms with E-state index in [1.54, 1.807) is 23.0 Å². The average Bonchev–Trinajstić information content (AvgIpc) is 2.74. The van der Waals surface area contributed by atoms with Crippen LogP contribution < -0.4 is 5.73 Å². The molecule has 2 heterocycles. The first-order chi connectivity index (χ1) is 9.20. The second-order valence-corrected chi connectivity index (χ2v) is 4.86. The number of imidazole rings is 1. The van der Waals surface area contributed by atoms with E-state index in [0.717, 1.165) is 9.99 Å². The minimum Gasteiger partial charge on any atom is -0.369 e. The molecule has 0 unspecified atom stereocenters. The molecule has 0 saturated heterocycles. The molecule has 6 heteroatoms. The fraction of sp³-hybridized carbons (Fsp3) is 0. The van der Waals surface area contributed by atoms with E-state index in [4.69, 9.17) is 5.73 Å². The molecular formula is C13H8BrN5. The van der Waals surface area contributed by atoms with Gasteiger partial charge in [0.2, 0.25) is 5.95 Å². The van der Waals surface area contributed by atoms with Gasteiger partial charge in [-0.2, -0.15) is 5.26 Å². The Bertz CT molecular complexity index is 816. The number of hydrogen-bond acceptors (Lipinski definition) is 4. The predicted molar refractivity (Wildman–Crippen MR) is 75.7 cm³/mol. The number of rotatable bonds is 1. The van der Waals surface area contributed by atoms with Gasteiger partial charge in [-0.1, -0.05) is 15.9 Å². The van der Waals surface area contributed by atoms with Gasteiger partial charge in [-0.25, -0.2) is 4.98 Å². The molecule has 0 aliphatic carbocycles. The number of pyridine rings is 1. The van der Waals surface area contributed by atoms with Crippen molar-refractivity contribution in [2.24, 2.45) is 0 Å². The van der Waals surface area contributed by atoms with Gasteiger partial charge in [0.05, 0.1) is 23.0 Å². The van der Waals surface area contributed by atoms with Gasteiger partial charge >= 0.3 is 0 Å². The smallest absolute Gasteiger partial charge is 0.206 e. The second kappa shape index (κ2) is 4.37. The highest BCUT2D eigenvalue weighted by molar-refractivity contribution is 9.10. The van der Waals surface area contributed by atoms with E-state index < -0.39 is 0 Å². The molecule has 0 saturated carbocycles. The highest BCUT2D eigenvalue weighted by atomic mass is 79.9. The zero-order chi connectivity index (χ0) is 13.4. The standard InChI is InChI=1S/C13H8BrN5/c14-9-1-2-11(8(5-9)6-15)19-12-3-4-17-7-10(12)18-13(19)16/h1-5,7H,(H2,16,18). The zero-order valence-corrected chi connectivity index (χ0v) is 11.3. The Morgan fingerprint density at radius 1 is 1.32 bits per heavy atom. The average molecular weight is 314 g/mol. The molecule has 2 N–H and O–H groups in total. The first kappa shape index (κ1) is 11.7. The molecule has 0 radical (unpaired) electrons. The minimum atomic E-state index is 0.335. The largest absolute Gasteiger partial charge is 0.369 e. The Hall–Kier alpha value is -2.39. The molecule has 92 valence electrons. The van der Waals surface area contributed by atoms with Crippen LogP contribution >= 0.6 is 15.9 Å². The van der Waals surface area contributed by atoms with E-state index in [1.165, 1.54) is 0 Å². The predicted octanol–water partition coefficient (Wildman–Crippen LogP) is 2.64. The summed E-state index contributed by atoms with van der Waals surface area (Å²) in [5.41, 5.74) is 8.71. The van der Waals surface area contributed by atoms with E-state index in [-0.39, 0.29) is 0 Å². The number of anilines is 1. The van der Waals surface area contributed by atoms with Crippen LogP contribution in [-0.2, 0) is 0 Å². The number of halogens is 1. The number of hydrogen-bond donors (Lipinski definition) is 1. The lowest BCUT2D eigenvalue weighted by Gasteiger charge is -2.08. The van der Waals surface area contributed by atoms with Gasteiger partial charge in [0.25, 0.3) is 0 Å². The summed E-state index contributed by atoms with van der Waals surface area (Å²) < 4.78 is 2.60. The summed E-state index contributed by atoms with van der Waals surface area (Å²) in [5, 5.41) is 9.25. The summed E-state index contributed by atoms with van der Waals surface area (Å²) in [4.78, 5) is 8.26. The van der Waals surface area contributed by atoms with E-state index in [9.17, 15) is 5.26 Å². The molecule has 0 amide bonds. The van der Waals surface area contributed by atoms with E-state index >= 15 is 0 Å². The molecule has 0 aliphatic rings. The molecule has 0 bridgehead atoms. The molecule has 0 aliphatic heterocycles. The van der Waals surface area contributed by atoms with Crippen molar-refractivity contribution in [2.45, 2.75) is 0 Å². The minimum absolute atomic E-state index is 0.335. The topological polar surface area (TPSA) is 80.5 Å². The first-order valence-corrected chi connectivity index (χ1v) is 6.28. The molecule has 0 spiro atoms. The van der Waals surface area contributed by atoms with Crippen LogP contribution in [0.5, 0.6) is 0 Å². The Morgan fingerprint density at radius 3 is 2.95 bits per heavy atom. The van der Waals surface area contributed by atoms with Gasteiger partial charge < -0.3 is 5.73 Å². The van der Waals surface area contributed by atoms with E-state index in [1.807, 2.05) is 18.2 Å². The monoisotopic (exact) mass is 313 g/mol. The van der Waals surface area contributed by atoms with Crippen LogP contribution in [0.2, 0.25) is 0 Å². The highest BCUT2D eigenvalue weighted by Crippen LogP contribution is 2.26. The molecule has 3 aromatic rings. The van der Waals surface area contributed by atoms with Crippen LogP contribution in [0.15, 0.2) is 41.1 Å². The molecule has 1 aromatic carbocycles. The van der Waals surface area contributed by atoms with Crippen LogP contribution in [0.25, 0.3) is 16.7 Å². The van der Waals surface area contributed by atoms with Gasteiger partial charge in [-0.05, 0) is 24.3 Å². The maximum atomic E-state index is 9.25. The Balaban J connectivity index is 2.37. The lowest BCUT2D eigenvalue weighted by molar-refractivity contribution is 1.10. The third kappa shape index (κ3) is 1.84. The first-order valence-electron chi connectivity index (χ1n) is 5.48. The summed E-state index contributed by atoms with van der Waals surface area (Å²) in [7, 11) is 0. The molecule has 0 fully saturated rings. The SMILES string of the molecule is N#Cc1cc(Br)ccc1-n1c(N)nc2cnccc21. The molecule has 2 aromatic heterocycles. The quantitative estimate of drug-likeness (QED) is 0.749. The van der Waals surface area contributed by atoms with Crippen LogP contribution in [0, 0.1) is 11.3 Å². The lowest BCUT2D eigenvalue weighted by atomic mass is 10.2. The highest BCUT2D eigenvalue weighted by Gasteiger charge is 2.13. The lowest BCUT2D eigenvalue weighted by Crippen LogP contribution is -2.02. The third-order valence-corrected chi connectivity index (χ3v) is 3.30. The zero-order valence-electron chi connectivity index (χ0n) is 9.71. The van der Waals surface area contributed by atoms with Crippen LogP contribution in [0.3, 0.4) is 0 Å². The Labute approximate surface area is 117 Å². The van der Waals surface area contributed by atoms with Crippen molar-refractivity contribution in [2.75, 3.05) is 5.73 Å². The number of fused-ring (bicyclic) bond motifs is 1. The van der Waals surface area contributed by atoms with Crippen molar-refractivity contribution >= 4 is 32.9 Å². The number of nitriles is 1. The van der Waals surface area contributed by atoms with Crippen LogP contribution in [-0.4, -0.2) is 14.5 Å². The summed E-state index contributed by atoms with van der Waals surface area (Å²) >= 11 is 3.35. The van der Waals surface area contributed by atoms with Gasteiger partial charge in [0.15, 0.2) is 0 Å². The van der Waals surface area contributed by atoms with Crippen molar-refractivity contribution in [1.82, 2.24) is 14.5 Å². The maximum Gasteiger partial charge on any atom is 0.206 e. The number of aromatic nitrogens is 3. The van der Waals surface area contributed by atoms with Gasteiger partial charge in [-0.15, -0.1) is 0 Å². The Kier molecular flexibility index (Phi) is 2.69. The molecule has 3 rings (SSSR count). The van der Waals surface area contributed by atoms with Crippen molar-refractivity contribution in [3.63, 3.8) is 0 Å². The van der Waals surface area contributed by atoms with Crippen LogP contribution in [0.1, 0.15) is 5.56 Å². The molecule has 5 nitrogen and oxygen atoms in total. The number of nitrogens with two attached hydrogens (primary N) is 1. The number of benzene rings is 1. The normalized spacial score (nSPS) is 10.5. The summed E-state index contributed by atoms with van der Waals surface area (Å²) in [6.45, 7) is 0. The Morgan fingerprint density at radius 2 is 2.16 bits per heavy atom. The fourth-order valence-corrected chi connectivity index (χ4v) is 2.36. The fourth-order valence-electron chi connectivity index (χ4n) is 2.00. The summed E-state index contributed by atoms with van der Waals surface area (Å²) in [6, 6.07) is 9.44. The molecule has 0 atom stereocenters. The summed E-state index contributed by atoms with van der Waals surface area (Å²) in [5.74, 6) is 0.335. The van der Waals surface area contributed by atoms with Crippen LogP contribution in [0.4, 0.5) is 5.95 Å². The number of nitrogens with zero attached hydrogens (tertiary/aromatic N) is 4. The van der Waals surface area contributed by atoms with E-state index in [2.05, 4.69) is 32.0 Å². The van der Waals surface area contributed by atoms with Gasteiger partial charge in [0, 0.05) is 10.7 Å². The van der Waals surface area contributed by atoms with Gasteiger partial charge in [0.1, 0.15) is 11.6 Å².